The molecule has 0 fully saturated rings. The third-order valence-corrected chi connectivity index (χ3v) is 5.85. The maximum absolute atomic E-state index is 14.1. The zero-order chi connectivity index (χ0) is 24.7. The highest BCUT2D eigenvalue weighted by Gasteiger charge is 2.28. The molecule has 0 aliphatic carbocycles. The smallest absolute Gasteiger partial charge is 0.263 e. The van der Waals surface area contributed by atoms with Gasteiger partial charge in [0.25, 0.3) is 11.8 Å². The van der Waals surface area contributed by atoms with E-state index in [0.717, 1.165) is 22.7 Å². The van der Waals surface area contributed by atoms with Crippen molar-refractivity contribution in [3.05, 3.63) is 157 Å². The van der Waals surface area contributed by atoms with E-state index in [-0.39, 0.29) is 11.8 Å². The lowest BCUT2D eigenvalue weighted by Crippen LogP contribution is -2.31. The van der Waals surface area contributed by atoms with Gasteiger partial charge in [-0.2, -0.15) is 0 Å². The van der Waals surface area contributed by atoms with Gasteiger partial charge in [-0.3, -0.25) is 19.4 Å². The number of para-hydroxylation sites is 4. The van der Waals surface area contributed by atoms with E-state index in [0.29, 0.717) is 11.1 Å². The molecule has 0 saturated heterocycles. The molecule has 4 heteroatoms. The summed E-state index contributed by atoms with van der Waals surface area (Å²) in [6.07, 6.45) is 0. The summed E-state index contributed by atoms with van der Waals surface area (Å²) >= 11 is 0. The van der Waals surface area contributed by atoms with E-state index in [4.69, 9.17) is 0 Å². The SMILES string of the molecule is O=C(c1ccccc1C(=O)N(c1ccccc1)c1ccccc1)N(c1ccccc1)c1ccccc1. The van der Waals surface area contributed by atoms with E-state index in [9.17, 15) is 9.59 Å². The molecular weight excluding hydrogens is 444 g/mol. The van der Waals surface area contributed by atoms with Gasteiger partial charge in [0.05, 0.1) is 11.1 Å². The van der Waals surface area contributed by atoms with Crippen LogP contribution in [0, 0.1) is 0 Å². The summed E-state index contributed by atoms with van der Waals surface area (Å²) in [5.74, 6) is -0.560. The molecule has 5 aromatic rings. The lowest BCUT2D eigenvalue weighted by atomic mass is 10.0. The summed E-state index contributed by atoms with van der Waals surface area (Å²) in [7, 11) is 0. The summed E-state index contributed by atoms with van der Waals surface area (Å²) in [6, 6.07) is 44.8. The van der Waals surface area contributed by atoms with Gasteiger partial charge in [0.15, 0.2) is 0 Å². The first-order valence-electron chi connectivity index (χ1n) is 11.7. The predicted molar refractivity (Wildman–Crippen MR) is 145 cm³/mol. The van der Waals surface area contributed by atoms with Crippen molar-refractivity contribution in [3.63, 3.8) is 0 Å². The van der Waals surface area contributed by atoms with Crippen molar-refractivity contribution in [2.24, 2.45) is 0 Å². The Morgan fingerprint density at radius 3 is 0.806 bits per heavy atom. The van der Waals surface area contributed by atoms with Crippen LogP contribution in [0.25, 0.3) is 0 Å². The standard InChI is InChI=1S/C32H24N2O2/c35-31(33(25-15-5-1-6-16-25)26-17-7-2-8-18-26)29-23-13-14-24-30(29)32(36)34(27-19-9-3-10-20-27)28-21-11-4-12-22-28/h1-24H. The number of nitrogens with zero attached hydrogens (tertiary/aromatic N) is 2. The molecule has 5 aromatic carbocycles. The molecule has 0 spiro atoms. The highest BCUT2D eigenvalue weighted by Crippen LogP contribution is 2.31. The van der Waals surface area contributed by atoms with Crippen molar-refractivity contribution in [3.8, 4) is 0 Å². The second-order valence-electron chi connectivity index (χ2n) is 8.17. The summed E-state index contributed by atoms with van der Waals surface area (Å²) in [4.78, 5) is 31.5. The number of hydrogen-bond acceptors (Lipinski definition) is 2. The monoisotopic (exact) mass is 468 g/mol. The Morgan fingerprint density at radius 1 is 0.333 bits per heavy atom. The third-order valence-electron chi connectivity index (χ3n) is 5.85. The van der Waals surface area contributed by atoms with Crippen molar-refractivity contribution < 1.29 is 9.59 Å². The van der Waals surface area contributed by atoms with Crippen molar-refractivity contribution in [2.75, 3.05) is 9.80 Å². The quantitative estimate of drug-likeness (QED) is 0.257. The first-order valence-corrected chi connectivity index (χ1v) is 11.7. The molecule has 0 heterocycles. The minimum absolute atomic E-state index is 0.280. The molecular formula is C32H24N2O2. The Labute approximate surface area is 210 Å². The molecule has 0 atom stereocenters. The number of carbonyl (C=O) groups excluding carboxylic acids is 2. The van der Waals surface area contributed by atoms with E-state index in [2.05, 4.69) is 0 Å². The van der Waals surface area contributed by atoms with Crippen LogP contribution in [-0.4, -0.2) is 11.8 Å². The van der Waals surface area contributed by atoms with Crippen LogP contribution in [0.4, 0.5) is 22.7 Å². The largest absolute Gasteiger partial charge is 0.277 e. The van der Waals surface area contributed by atoms with E-state index in [1.54, 1.807) is 34.1 Å². The van der Waals surface area contributed by atoms with Gasteiger partial charge in [0.1, 0.15) is 0 Å². The number of carbonyl (C=O) groups is 2. The van der Waals surface area contributed by atoms with Crippen LogP contribution in [0.5, 0.6) is 0 Å². The molecule has 0 N–H and O–H groups in total. The van der Waals surface area contributed by atoms with Crippen LogP contribution in [0.3, 0.4) is 0 Å². The Kier molecular flexibility index (Phi) is 6.68. The van der Waals surface area contributed by atoms with Crippen LogP contribution in [0.15, 0.2) is 146 Å². The highest BCUT2D eigenvalue weighted by atomic mass is 16.2. The molecule has 0 bridgehead atoms. The summed E-state index contributed by atoms with van der Waals surface area (Å²) in [5.41, 5.74) is 3.54. The summed E-state index contributed by atoms with van der Waals surface area (Å²) in [6.45, 7) is 0. The van der Waals surface area contributed by atoms with Gasteiger partial charge < -0.3 is 0 Å². The maximum atomic E-state index is 14.1. The van der Waals surface area contributed by atoms with Gasteiger partial charge in [-0.25, -0.2) is 0 Å². The lowest BCUT2D eigenvalue weighted by molar-refractivity contribution is 0.0967. The van der Waals surface area contributed by atoms with E-state index in [1.165, 1.54) is 0 Å². The van der Waals surface area contributed by atoms with Crippen molar-refractivity contribution >= 4 is 34.6 Å². The molecule has 0 aliphatic rings. The number of rotatable bonds is 6. The molecule has 2 amide bonds. The first kappa shape index (κ1) is 22.8. The third kappa shape index (κ3) is 4.65. The fourth-order valence-corrected chi connectivity index (χ4v) is 4.17. The average molecular weight is 469 g/mol. The Hall–Kier alpha value is -4.96. The number of amides is 2. The highest BCUT2D eigenvalue weighted by molar-refractivity contribution is 6.20. The first-order chi connectivity index (χ1) is 17.7. The molecule has 4 nitrogen and oxygen atoms in total. The van der Waals surface area contributed by atoms with Crippen LogP contribution in [0.1, 0.15) is 20.7 Å². The zero-order valence-corrected chi connectivity index (χ0v) is 19.6. The molecule has 5 rings (SSSR count). The van der Waals surface area contributed by atoms with E-state index in [1.807, 2.05) is 121 Å². The van der Waals surface area contributed by atoms with E-state index < -0.39 is 0 Å². The van der Waals surface area contributed by atoms with E-state index >= 15 is 0 Å². The molecule has 0 radical (unpaired) electrons. The van der Waals surface area contributed by atoms with Crippen LogP contribution in [0.2, 0.25) is 0 Å². The van der Waals surface area contributed by atoms with Gasteiger partial charge in [-0.15, -0.1) is 0 Å². The Balaban J connectivity index is 1.62. The van der Waals surface area contributed by atoms with Gasteiger partial charge in [0, 0.05) is 22.7 Å². The number of hydrogen-bond donors (Lipinski definition) is 0. The maximum Gasteiger partial charge on any atom is 0.263 e. The molecule has 0 saturated carbocycles. The fourth-order valence-electron chi connectivity index (χ4n) is 4.17. The fraction of sp³-hybridized carbons (Fsp3) is 0. The molecule has 0 aliphatic heterocycles. The van der Waals surface area contributed by atoms with Crippen molar-refractivity contribution in [1.82, 2.24) is 0 Å². The average Bonchev–Trinajstić information content (AvgIpc) is 2.95. The van der Waals surface area contributed by atoms with Crippen molar-refractivity contribution in [1.29, 1.82) is 0 Å². The second kappa shape index (κ2) is 10.5. The van der Waals surface area contributed by atoms with Gasteiger partial charge in [-0.1, -0.05) is 84.9 Å². The predicted octanol–water partition coefficient (Wildman–Crippen LogP) is 7.64. The lowest BCUT2D eigenvalue weighted by Gasteiger charge is -2.26. The van der Waals surface area contributed by atoms with Gasteiger partial charge >= 0.3 is 0 Å². The molecule has 0 unspecified atom stereocenters. The summed E-state index contributed by atoms with van der Waals surface area (Å²) in [5, 5.41) is 0. The minimum atomic E-state index is -0.280. The second-order valence-corrected chi connectivity index (χ2v) is 8.17. The normalized spacial score (nSPS) is 10.4. The number of benzene rings is 5. The molecule has 174 valence electrons. The zero-order valence-electron chi connectivity index (χ0n) is 19.6. The number of anilines is 4. The Bertz CT molecular complexity index is 1260. The van der Waals surface area contributed by atoms with Gasteiger partial charge in [-0.05, 0) is 60.7 Å². The van der Waals surface area contributed by atoms with Crippen LogP contribution < -0.4 is 9.80 Å². The van der Waals surface area contributed by atoms with Gasteiger partial charge in [0.2, 0.25) is 0 Å². The minimum Gasteiger partial charge on any atom is -0.277 e. The van der Waals surface area contributed by atoms with Crippen LogP contribution >= 0.6 is 0 Å². The topological polar surface area (TPSA) is 40.6 Å². The van der Waals surface area contributed by atoms with Crippen molar-refractivity contribution in [2.45, 2.75) is 0 Å². The molecule has 36 heavy (non-hydrogen) atoms. The summed E-state index contributed by atoms with van der Waals surface area (Å²) < 4.78 is 0. The molecule has 0 aromatic heterocycles. The Morgan fingerprint density at radius 2 is 0.556 bits per heavy atom. The van der Waals surface area contributed by atoms with Crippen LogP contribution in [-0.2, 0) is 0 Å².